The molecule has 1 rings (SSSR count). The van der Waals surface area contributed by atoms with E-state index < -0.39 is 0 Å². The molecule has 0 unspecified atom stereocenters. The molecule has 3 nitrogen and oxygen atoms in total. The van der Waals surface area contributed by atoms with Crippen LogP contribution in [0.4, 0.5) is 0 Å². The van der Waals surface area contributed by atoms with Crippen LogP contribution >= 0.6 is 27.3 Å². The van der Waals surface area contributed by atoms with Crippen LogP contribution in [0.2, 0.25) is 0 Å². The van der Waals surface area contributed by atoms with E-state index in [4.69, 9.17) is 6.42 Å². The predicted molar refractivity (Wildman–Crippen MR) is 65.6 cm³/mol. The Balaban J connectivity index is 2.20. The number of rotatable bonds is 5. The summed E-state index contributed by atoms with van der Waals surface area (Å²) in [6.45, 7) is 1.24. The van der Waals surface area contributed by atoms with Gasteiger partial charge in [-0.05, 0) is 22.0 Å². The smallest absolute Gasteiger partial charge is 0.234 e. The second-order valence-electron chi connectivity index (χ2n) is 2.82. The van der Waals surface area contributed by atoms with Crippen LogP contribution in [-0.2, 0) is 11.3 Å². The van der Waals surface area contributed by atoms with Crippen molar-refractivity contribution in [2.24, 2.45) is 0 Å². The van der Waals surface area contributed by atoms with E-state index >= 15 is 0 Å². The molecule has 0 spiro atoms. The maximum absolute atomic E-state index is 11.2. The number of hydrogen-bond donors (Lipinski definition) is 2. The molecule has 1 amide bonds. The summed E-state index contributed by atoms with van der Waals surface area (Å²) in [6, 6.07) is 1.99. The molecule has 0 aliphatic carbocycles. The zero-order chi connectivity index (χ0) is 11.1. The van der Waals surface area contributed by atoms with E-state index in [-0.39, 0.29) is 12.5 Å². The van der Waals surface area contributed by atoms with E-state index in [9.17, 15) is 4.79 Å². The first-order chi connectivity index (χ1) is 7.22. The first kappa shape index (κ1) is 12.2. The van der Waals surface area contributed by atoms with Gasteiger partial charge in [0, 0.05) is 14.7 Å². The van der Waals surface area contributed by atoms with Crippen LogP contribution in [0.1, 0.15) is 4.88 Å². The Bertz CT molecular complexity index is 370. The van der Waals surface area contributed by atoms with E-state index in [0.29, 0.717) is 13.1 Å². The molecule has 0 fully saturated rings. The summed E-state index contributed by atoms with van der Waals surface area (Å²) in [7, 11) is 0. The second-order valence-corrected chi connectivity index (χ2v) is 4.73. The zero-order valence-electron chi connectivity index (χ0n) is 8.05. The molecule has 5 heteroatoms. The van der Waals surface area contributed by atoms with Crippen molar-refractivity contribution < 1.29 is 4.79 Å². The van der Waals surface area contributed by atoms with Gasteiger partial charge in [0.15, 0.2) is 0 Å². The third-order valence-corrected chi connectivity index (χ3v) is 3.29. The van der Waals surface area contributed by atoms with Gasteiger partial charge in [0.05, 0.1) is 19.6 Å². The van der Waals surface area contributed by atoms with Crippen LogP contribution in [0.3, 0.4) is 0 Å². The summed E-state index contributed by atoms with van der Waals surface area (Å²) in [5.74, 6) is 2.36. The topological polar surface area (TPSA) is 41.1 Å². The Morgan fingerprint density at radius 3 is 3.07 bits per heavy atom. The van der Waals surface area contributed by atoms with Crippen LogP contribution < -0.4 is 10.6 Å². The molecule has 0 atom stereocenters. The normalized spacial score (nSPS) is 9.60. The van der Waals surface area contributed by atoms with Crippen molar-refractivity contribution in [1.29, 1.82) is 0 Å². The van der Waals surface area contributed by atoms with Crippen LogP contribution in [0.5, 0.6) is 0 Å². The lowest BCUT2D eigenvalue weighted by molar-refractivity contribution is -0.120. The van der Waals surface area contributed by atoms with Gasteiger partial charge >= 0.3 is 0 Å². The Morgan fingerprint density at radius 2 is 2.47 bits per heavy atom. The molecule has 1 heterocycles. The van der Waals surface area contributed by atoms with Crippen molar-refractivity contribution in [3.05, 3.63) is 20.8 Å². The van der Waals surface area contributed by atoms with Gasteiger partial charge in [-0.15, -0.1) is 17.8 Å². The van der Waals surface area contributed by atoms with Gasteiger partial charge in [-0.2, -0.15) is 0 Å². The standard InChI is InChI=1S/C10H11BrN2OS/c1-2-3-12-6-10(14)13-5-9-4-8(11)7-15-9/h1,4,7,12H,3,5-6H2,(H,13,14). The highest BCUT2D eigenvalue weighted by Crippen LogP contribution is 2.19. The highest BCUT2D eigenvalue weighted by molar-refractivity contribution is 9.10. The van der Waals surface area contributed by atoms with Crippen LogP contribution in [0.25, 0.3) is 0 Å². The Hall–Kier alpha value is -0.830. The molecule has 0 saturated heterocycles. The van der Waals surface area contributed by atoms with Gasteiger partial charge in [0.2, 0.25) is 5.91 Å². The van der Waals surface area contributed by atoms with E-state index in [2.05, 4.69) is 32.5 Å². The van der Waals surface area contributed by atoms with Crippen LogP contribution in [0.15, 0.2) is 15.9 Å². The lowest BCUT2D eigenvalue weighted by Crippen LogP contribution is -2.33. The number of terminal acetylenes is 1. The predicted octanol–water partition coefficient (Wildman–Crippen LogP) is 1.35. The fourth-order valence-corrected chi connectivity index (χ4v) is 2.33. The minimum Gasteiger partial charge on any atom is -0.350 e. The Labute approximate surface area is 101 Å². The minimum atomic E-state index is -0.0465. The van der Waals surface area contributed by atoms with Gasteiger partial charge in [0.25, 0.3) is 0 Å². The average Bonchev–Trinajstić information content (AvgIpc) is 2.62. The molecular weight excluding hydrogens is 276 g/mol. The second kappa shape index (κ2) is 6.62. The molecule has 0 bridgehead atoms. The van der Waals surface area contributed by atoms with Crippen molar-refractivity contribution in [3.8, 4) is 12.3 Å². The van der Waals surface area contributed by atoms with Crippen molar-refractivity contribution in [2.45, 2.75) is 6.54 Å². The number of nitrogens with one attached hydrogen (secondary N) is 2. The lowest BCUT2D eigenvalue weighted by atomic mass is 10.4. The first-order valence-corrected chi connectivity index (χ1v) is 6.03. The largest absolute Gasteiger partial charge is 0.350 e. The SMILES string of the molecule is C#CCNCC(=O)NCc1cc(Br)cs1. The molecule has 1 aromatic rings. The Morgan fingerprint density at radius 1 is 1.67 bits per heavy atom. The quantitative estimate of drug-likeness (QED) is 0.634. The third-order valence-electron chi connectivity index (χ3n) is 1.59. The molecule has 1 aromatic heterocycles. The first-order valence-electron chi connectivity index (χ1n) is 4.36. The Kier molecular flexibility index (Phi) is 5.40. The van der Waals surface area contributed by atoms with Crippen LogP contribution in [0, 0.1) is 12.3 Å². The number of carbonyl (C=O) groups is 1. The summed E-state index contributed by atoms with van der Waals surface area (Å²) in [5, 5.41) is 7.60. The van der Waals surface area contributed by atoms with Gasteiger partial charge in [-0.25, -0.2) is 0 Å². The number of thiophene rings is 1. The molecule has 0 saturated carbocycles. The summed E-state index contributed by atoms with van der Waals surface area (Å²) >= 11 is 4.96. The highest BCUT2D eigenvalue weighted by Gasteiger charge is 2.01. The number of amides is 1. The van der Waals surface area contributed by atoms with E-state index in [0.717, 1.165) is 9.35 Å². The average molecular weight is 287 g/mol. The van der Waals surface area contributed by atoms with Gasteiger partial charge in [-0.1, -0.05) is 5.92 Å². The van der Waals surface area contributed by atoms with E-state index in [1.54, 1.807) is 11.3 Å². The zero-order valence-corrected chi connectivity index (χ0v) is 10.5. The number of halogens is 1. The third kappa shape index (κ3) is 4.98. The summed E-state index contributed by atoms with van der Waals surface area (Å²) in [6.07, 6.45) is 5.03. The monoisotopic (exact) mass is 286 g/mol. The fourth-order valence-electron chi connectivity index (χ4n) is 0.943. The molecule has 15 heavy (non-hydrogen) atoms. The number of carbonyl (C=O) groups excluding carboxylic acids is 1. The lowest BCUT2D eigenvalue weighted by Gasteiger charge is -2.02. The van der Waals surface area contributed by atoms with E-state index in [1.165, 1.54) is 0 Å². The minimum absolute atomic E-state index is 0.0465. The highest BCUT2D eigenvalue weighted by atomic mass is 79.9. The summed E-state index contributed by atoms with van der Waals surface area (Å²) < 4.78 is 1.04. The van der Waals surface area contributed by atoms with Crippen LogP contribution in [-0.4, -0.2) is 19.0 Å². The maximum Gasteiger partial charge on any atom is 0.234 e. The molecule has 0 aliphatic heterocycles. The fraction of sp³-hybridized carbons (Fsp3) is 0.300. The number of hydrogen-bond acceptors (Lipinski definition) is 3. The van der Waals surface area contributed by atoms with E-state index in [1.807, 2.05) is 11.4 Å². The van der Waals surface area contributed by atoms with Crippen molar-refractivity contribution >= 4 is 33.2 Å². The molecular formula is C10H11BrN2OS. The molecule has 0 aliphatic rings. The van der Waals surface area contributed by atoms with Crippen molar-refractivity contribution in [3.63, 3.8) is 0 Å². The van der Waals surface area contributed by atoms with Crippen molar-refractivity contribution in [1.82, 2.24) is 10.6 Å². The summed E-state index contributed by atoms with van der Waals surface area (Å²) in [4.78, 5) is 12.4. The molecule has 0 radical (unpaired) electrons. The maximum atomic E-state index is 11.2. The van der Waals surface area contributed by atoms with Crippen molar-refractivity contribution in [2.75, 3.05) is 13.1 Å². The van der Waals surface area contributed by atoms with Gasteiger partial charge in [-0.3, -0.25) is 10.1 Å². The van der Waals surface area contributed by atoms with Gasteiger partial charge < -0.3 is 5.32 Å². The summed E-state index contributed by atoms with van der Waals surface area (Å²) in [5.41, 5.74) is 0. The molecule has 2 N–H and O–H groups in total. The van der Waals surface area contributed by atoms with Gasteiger partial charge in [0.1, 0.15) is 0 Å². The molecule has 0 aromatic carbocycles. The molecule has 80 valence electrons.